The van der Waals surface area contributed by atoms with E-state index in [1.54, 1.807) is 23.9 Å². The zero-order valence-electron chi connectivity index (χ0n) is 10.7. The Morgan fingerprint density at radius 3 is 2.84 bits per heavy atom. The molecule has 6 heteroatoms. The maximum absolute atomic E-state index is 10.7. The summed E-state index contributed by atoms with van der Waals surface area (Å²) in [6.07, 6.45) is 0. The van der Waals surface area contributed by atoms with Crippen molar-refractivity contribution < 1.29 is 14.8 Å². The van der Waals surface area contributed by atoms with Crippen LogP contribution in [-0.2, 0) is 4.74 Å². The Morgan fingerprint density at radius 2 is 2.32 bits per heavy atom. The van der Waals surface area contributed by atoms with Crippen LogP contribution in [0.4, 0.5) is 5.69 Å². The summed E-state index contributed by atoms with van der Waals surface area (Å²) < 4.78 is 5.16. The van der Waals surface area contributed by atoms with Crippen molar-refractivity contribution in [3.63, 3.8) is 0 Å². The zero-order valence-corrected chi connectivity index (χ0v) is 11.6. The minimum Gasteiger partial charge on any atom is -0.396 e. The highest BCUT2D eigenvalue weighted by Crippen LogP contribution is 2.38. The molecule has 19 heavy (non-hydrogen) atoms. The molecule has 0 aliphatic carbocycles. The van der Waals surface area contributed by atoms with Gasteiger partial charge < -0.3 is 9.84 Å². The summed E-state index contributed by atoms with van der Waals surface area (Å²) in [5, 5.41) is 20.3. The van der Waals surface area contributed by atoms with Crippen molar-refractivity contribution in [1.82, 2.24) is 0 Å². The number of rotatable bonds is 6. The first kappa shape index (κ1) is 14.3. The van der Waals surface area contributed by atoms with Gasteiger partial charge in [-0.25, -0.2) is 0 Å². The highest BCUT2D eigenvalue weighted by molar-refractivity contribution is 7.99. The topological polar surface area (TPSA) is 72.6 Å². The number of ether oxygens (including phenoxy) is 1. The van der Waals surface area contributed by atoms with E-state index in [-0.39, 0.29) is 27.9 Å². The number of nitrogens with zero attached hydrogens (tertiary/aromatic N) is 1. The minimum absolute atomic E-state index is 0.119. The summed E-state index contributed by atoms with van der Waals surface area (Å²) in [6.45, 7) is 3.34. The van der Waals surface area contributed by atoms with Crippen LogP contribution in [0.3, 0.4) is 0 Å². The number of nitro groups is 1. The van der Waals surface area contributed by atoms with Gasteiger partial charge in [-0.2, -0.15) is 11.8 Å². The maximum atomic E-state index is 10.7. The van der Waals surface area contributed by atoms with Gasteiger partial charge in [0.1, 0.15) is 0 Å². The molecule has 1 aromatic carbocycles. The molecule has 1 aromatic rings. The smallest absolute Gasteiger partial charge is 0.269 e. The van der Waals surface area contributed by atoms with Gasteiger partial charge >= 0.3 is 0 Å². The molecular formula is C13H17NO4S. The third kappa shape index (κ3) is 3.26. The lowest BCUT2D eigenvalue weighted by Gasteiger charge is -2.40. The normalized spacial score (nSPS) is 18.6. The molecule has 1 aliphatic heterocycles. The number of hydrogen-bond acceptors (Lipinski definition) is 5. The Labute approximate surface area is 116 Å². The SMILES string of the molecule is CC(SCC1(CO)COC1)c1cccc([N+](=O)[O-])c1. The van der Waals surface area contributed by atoms with E-state index in [9.17, 15) is 15.2 Å². The van der Waals surface area contributed by atoms with Gasteiger partial charge in [-0.15, -0.1) is 0 Å². The fourth-order valence-corrected chi connectivity index (χ4v) is 3.10. The molecule has 1 N–H and O–H groups in total. The van der Waals surface area contributed by atoms with Gasteiger partial charge in [-0.05, 0) is 12.5 Å². The molecule has 104 valence electrons. The molecule has 0 bridgehead atoms. The highest BCUT2D eigenvalue weighted by Gasteiger charge is 2.38. The summed E-state index contributed by atoms with van der Waals surface area (Å²) in [5.41, 5.74) is 0.931. The second-order valence-corrected chi connectivity index (χ2v) is 6.29. The van der Waals surface area contributed by atoms with Crippen LogP contribution in [0.2, 0.25) is 0 Å². The first-order valence-electron chi connectivity index (χ1n) is 6.11. The van der Waals surface area contributed by atoms with Crippen molar-refractivity contribution >= 4 is 17.4 Å². The van der Waals surface area contributed by atoms with Gasteiger partial charge in [0.2, 0.25) is 0 Å². The van der Waals surface area contributed by atoms with Crippen LogP contribution in [0.25, 0.3) is 0 Å². The van der Waals surface area contributed by atoms with Crippen LogP contribution in [0.5, 0.6) is 0 Å². The van der Waals surface area contributed by atoms with E-state index in [2.05, 4.69) is 0 Å². The molecule has 1 aliphatic rings. The molecule has 1 unspecified atom stereocenters. The van der Waals surface area contributed by atoms with Crippen LogP contribution in [0.15, 0.2) is 24.3 Å². The van der Waals surface area contributed by atoms with E-state index >= 15 is 0 Å². The predicted molar refractivity (Wildman–Crippen MR) is 74.3 cm³/mol. The molecule has 0 spiro atoms. The second kappa shape index (κ2) is 5.90. The molecule has 5 nitrogen and oxygen atoms in total. The summed E-state index contributed by atoms with van der Waals surface area (Å²) in [5.74, 6) is 0.799. The van der Waals surface area contributed by atoms with E-state index in [0.29, 0.717) is 13.2 Å². The van der Waals surface area contributed by atoms with E-state index in [1.165, 1.54) is 6.07 Å². The standard InChI is InChI=1S/C13H17NO4S/c1-10(19-9-13(6-15)7-18-8-13)11-3-2-4-12(5-11)14(16)17/h2-5,10,15H,6-9H2,1H3. The minimum atomic E-state index is -0.379. The molecule has 1 atom stereocenters. The molecule has 0 radical (unpaired) electrons. The first-order chi connectivity index (χ1) is 9.06. The second-order valence-electron chi connectivity index (χ2n) is 4.96. The monoisotopic (exact) mass is 283 g/mol. The van der Waals surface area contributed by atoms with Crippen molar-refractivity contribution in [3.05, 3.63) is 39.9 Å². The average molecular weight is 283 g/mol. The third-order valence-electron chi connectivity index (χ3n) is 3.34. The summed E-state index contributed by atoms with van der Waals surface area (Å²) in [7, 11) is 0. The van der Waals surface area contributed by atoms with Crippen molar-refractivity contribution in [2.45, 2.75) is 12.2 Å². The lowest BCUT2D eigenvalue weighted by atomic mass is 9.90. The van der Waals surface area contributed by atoms with E-state index in [1.807, 2.05) is 13.0 Å². The highest BCUT2D eigenvalue weighted by atomic mass is 32.2. The number of aliphatic hydroxyl groups is 1. The Bertz CT molecular complexity index is 456. The van der Waals surface area contributed by atoms with Crippen LogP contribution in [0.1, 0.15) is 17.7 Å². The Kier molecular flexibility index (Phi) is 4.44. The molecular weight excluding hydrogens is 266 g/mol. The number of aliphatic hydroxyl groups excluding tert-OH is 1. The lowest BCUT2D eigenvalue weighted by molar-refractivity contribution is -0.384. The number of benzene rings is 1. The number of nitro benzene ring substituents is 1. The van der Waals surface area contributed by atoms with Crippen LogP contribution >= 0.6 is 11.8 Å². The number of hydrogen-bond donors (Lipinski definition) is 1. The average Bonchev–Trinajstić information content (AvgIpc) is 2.38. The molecule has 1 fully saturated rings. The zero-order chi connectivity index (χ0) is 13.9. The van der Waals surface area contributed by atoms with Crippen molar-refractivity contribution in [2.75, 3.05) is 25.6 Å². The van der Waals surface area contributed by atoms with Crippen LogP contribution in [-0.4, -0.2) is 35.6 Å². The largest absolute Gasteiger partial charge is 0.396 e. The first-order valence-corrected chi connectivity index (χ1v) is 7.16. The van der Waals surface area contributed by atoms with Gasteiger partial charge in [-0.3, -0.25) is 10.1 Å². The van der Waals surface area contributed by atoms with Gasteiger partial charge in [-0.1, -0.05) is 12.1 Å². The number of non-ortho nitro benzene ring substituents is 1. The molecule has 0 aromatic heterocycles. The van der Waals surface area contributed by atoms with Crippen LogP contribution in [0, 0.1) is 15.5 Å². The third-order valence-corrected chi connectivity index (χ3v) is 4.89. The summed E-state index contributed by atoms with van der Waals surface area (Å²) in [4.78, 5) is 10.4. The Balaban J connectivity index is 1.97. The van der Waals surface area contributed by atoms with Crippen molar-refractivity contribution in [2.24, 2.45) is 5.41 Å². The quantitative estimate of drug-likeness (QED) is 0.641. The maximum Gasteiger partial charge on any atom is 0.269 e. The van der Waals surface area contributed by atoms with E-state index in [0.717, 1.165) is 11.3 Å². The predicted octanol–water partition coefficient (Wildman–Crippen LogP) is 2.40. The Morgan fingerprint density at radius 1 is 1.58 bits per heavy atom. The fourth-order valence-electron chi connectivity index (χ4n) is 1.90. The van der Waals surface area contributed by atoms with Gasteiger partial charge in [0.25, 0.3) is 5.69 Å². The molecule has 0 amide bonds. The fraction of sp³-hybridized carbons (Fsp3) is 0.538. The van der Waals surface area contributed by atoms with Gasteiger partial charge in [0, 0.05) is 28.6 Å². The van der Waals surface area contributed by atoms with Gasteiger partial charge in [0.15, 0.2) is 0 Å². The van der Waals surface area contributed by atoms with E-state index < -0.39 is 0 Å². The summed E-state index contributed by atoms with van der Waals surface area (Å²) in [6, 6.07) is 6.71. The molecule has 1 saturated heterocycles. The Hall–Kier alpha value is -1.11. The van der Waals surface area contributed by atoms with E-state index in [4.69, 9.17) is 4.74 Å². The molecule has 1 heterocycles. The van der Waals surface area contributed by atoms with Gasteiger partial charge in [0.05, 0.1) is 24.7 Å². The van der Waals surface area contributed by atoms with Crippen molar-refractivity contribution in [1.29, 1.82) is 0 Å². The summed E-state index contributed by atoms with van der Waals surface area (Å²) >= 11 is 1.69. The molecule has 2 rings (SSSR count). The number of thioether (sulfide) groups is 1. The van der Waals surface area contributed by atoms with Crippen molar-refractivity contribution in [3.8, 4) is 0 Å². The lowest BCUT2D eigenvalue weighted by Crippen LogP contribution is -2.47. The van der Waals surface area contributed by atoms with Crippen LogP contribution < -0.4 is 0 Å². The molecule has 0 saturated carbocycles.